The maximum atomic E-state index is 9.13. The number of benzene rings is 1. The second-order valence-corrected chi connectivity index (χ2v) is 3.26. The molecular weight excluding hydrogens is 220 g/mol. The fourth-order valence-electron chi connectivity index (χ4n) is 1.35. The lowest BCUT2D eigenvalue weighted by atomic mass is 10.3. The zero-order chi connectivity index (χ0) is 12.1. The molecule has 1 heterocycles. The molecule has 0 aliphatic carbocycles. The SMILES string of the molecule is COc1ccccc1Oc1ncncc1CO. The highest BCUT2D eigenvalue weighted by atomic mass is 16.5. The van der Waals surface area contributed by atoms with Gasteiger partial charge in [-0.05, 0) is 12.1 Å². The number of hydrogen-bond acceptors (Lipinski definition) is 5. The van der Waals surface area contributed by atoms with Gasteiger partial charge >= 0.3 is 0 Å². The minimum Gasteiger partial charge on any atom is -0.493 e. The number of nitrogens with zero attached hydrogens (tertiary/aromatic N) is 2. The number of rotatable bonds is 4. The van der Waals surface area contributed by atoms with Crippen molar-refractivity contribution in [3.05, 3.63) is 42.4 Å². The van der Waals surface area contributed by atoms with Crippen molar-refractivity contribution in [2.45, 2.75) is 6.61 Å². The quantitative estimate of drug-likeness (QED) is 0.870. The van der Waals surface area contributed by atoms with Gasteiger partial charge in [0.15, 0.2) is 11.5 Å². The topological polar surface area (TPSA) is 64.5 Å². The Hall–Kier alpha value is -2.14. The highest BCUT2D eigenvalue weighted by Crippen LogP contribution is 2.31. The third-order valence-electron chi connectivity index (χ3n) is 2.19. The minimum absolute atomic E-state index is 0.175. The molecule has 0 bridgehead atoms. The molecule has 0 aliphatic rings. The number of ether oxygens (including phenoxy) is 2. The van der Waals surface area contributed by atoms with Crippen LogP contribution in [0.2, 0.25) is 0 Å². The molecule has 5 heteroatoms. The predicted octanol–water partition coefficient (Wildman–Crippen LogP) is 1.77. The molecule has 0 fully saturated rings. The van der Waals surface area contributed by atoms with E-state index >= 15 is 0 Å². The van der Waals surface area contributed by atoms with Crippen molar-refractivity contribution in [2.24, 2.45) is 0 Å². The van der Waals surface area contributed by atoms with E-state index in [1.165, 1.54) is 12.5 Å². The maximum Gasteiger partial charge on any atom is 0.228 e. The zero-order valence-electron chi connectivity index (χ0n) is 9.33. The molecule has 17 heavy (non-hydrogen) atoms. The molecule has 0 spiro atoms. The third-order valence-corrected chi connectivity index (χ3v) is 2.19. The van der Waals surface area contributed by atoms with Gasteiger partial charge in [-0.3, -0.25) is 0 Å². The Morgan fingerprint density at radius 1 is 1.24 bits per heavy atom. The van der Waals surface area contributed by atoms with Crippen LogP contribution in [0.3, 0.4) is 0 Å². The summed E-state index contributed by atoms with van der Waals surface area (Å²) in [5, 5.41) is 9.13. The molecule has 2 aromatic rings. The van der Waals surface area contributed by atoms with Crippen molar-refractivity contribution in [1.29, 1.82) is 0 Å². The van der Waals surface area contributed by atoms with E-state index in [0.29, 0.717) is 22.9 Å². The summed E-state index contributed by atoms with van der Waals surface area (Å²) in [4.78, 5) is 7.79. The van der Waals surface area contributed by atoms with E-state index in [2.05, 4.69) is 9.97 Å². The normalized spacial score (nSPS) is 10.0. The number of para-hydroxylation sites is 2. The Morgan fingerprint density at radius 2 is 2.00 bits per heavy atom. The van der Waals surface area contributed by atoms with Crippen LogP contribution in [0.1, 0.15) is 5.56 Å². The summed E-state index contributed by atoms with van der Waals surface area (Å²) in [6, 6.07) is 7.23. The van der Waals surface area contributed by atoms with Gasteiger partial charge in [-0.2, -0.15) is 0 Å². The number of methoxy groups -OCH3 is 1. The van der Waals surface area contributed by atoms with Crippen molar-refractivity contribution in [3.8, 4) is 17.4 Å². The fourth-order valence-corrected chi connectivity index (χ4v) is 1.35. The Balaban J connectivity index is 2.31. The van der Waals surface area contributed by atoms with E-state index in [9.17, 15) is 0 Å². The molecule has 0 amide bonds. The van der Waals surface area contributed by atoms with Crippen LogP contribution in [-0.4, -0.2) is 22.2 Å². The highest BCUT2D eigenvalue weighted by Gasteiger charge is 2.09. The van der Waals surface area contributed by atoms with Crippen LogP contribution in [0.15, 0.2) is 36.8 Å². The Bertz CT molecular complexity index is 457. The first-order chi connectivity index (χ1) is 8.35. The number of aromatic nitrogens is 2. The van der Waals surface area contributed by atoms with Crippen molar-refractivity contribution in [1.82, 2.24) is 9.97 Å². The summed E-state index contributed by atoms with van der Waals surface area (Å²) in [7, 11) is 1.56. The van der Waals surface area contributed by atoms with E-state index in [0.717, 1.165) is 0 Å². The highest BCUT2D eigenvalue weighted by molar-refractivity contribution is 5.42. The second kappa shape index (κ2) is 5.27. The van der Waals surface area contributed by atoms with Crippen LogP contribution in [-0.2, 0) is 6.61 Å². The van der Waals surface area contributed by atoms with Crippen LogP contribution in [0, 0.1) is 0 Å². The fraction of sp³-hybridized carbons (Fsp3) is 0.167. The van der Waals surface area contributed by atoms with Gasteiger partial charge in [-0.25, -0.2) is 9.97 Å². The summed E-state index contributed by atoms with van der Waals surface area (Å²) < 4.78 is 10.7. The molecule has 1 aromatic heterocycles. The number of aliphatic hydroxyl groups excluding tert-OH is 1. The summed E-state index contributed by atoms with van der Waals surface area (Å²) >= 11 is 0. The zero-order valence-corrected chi connectivity index (χ0v) is 9.33. The summed E-state index contributed by atoms with van der Waals surface area (Å²) in [6.07, 6.45) is 2.88. The predicted molar refractivity (Wildman–Crippen MR) is 61.0 cm³/mol. The molecule has 0 unspecified atom stereocenters. The molecule has 0 aliphatic heterocycles. The minimum atomic E-state index is -0.175. The lowest BCUT2D eigenvalue weighted by Crippen LogP contribution is -1.97. The maximum absolute atomic E-state index is 9.13. The molecule has 0 atom stereocenters. The van der Waals surface area contributed by atoms with Crippen LogP contribution in [0.4, 0.5) is 0 Å². The van der Waals surface area contributed by atoms with E-state index in [1.807, 2.05) is 12.1 Å². The van der Waals surface area contributed by atoms with Crippen molar-refractivity contribution >= 4 is 0 Å². The number of aliphatic hydroxyl groups is 1. The van der Waals surface area contributed by atoms with E-state index in [-0.39, 0.29) is 6.61 Å². The van der Waals surface area contributed by atoms with E-state index in [1.54, 1.807) is 19.2 Å². The number of hydrogen-bond donors (Lipinski definition) is 1. The standard InChI is InChI=1S/C12H12N2O3/c1-16-10-4-2-3-5-11(10)17-12-9(7-15)6-13-8-14-12/h2-6,8,15H,7H2,1H3. The van der Waals surface area contributed by atoms with Gasteiger partial charge in [0, 0.05) is 6.20 Å². The Labute approximate surface area is 98.7 Å². The molecule has 1 aromatic carbocycles. The average molecular weight is 232 g/mol. The first-order valence-corrected chi connectivity index (χ1v) is 5.05. The van der Waals surface area contributed by atoms with Gasteiger partial charge in [-0.1, -0.05) is 12.1 Å². The van der Waals surface area contributed by atoms with Crippen LogP contribution >= 0.6 is 0 Å². The summed E-state index contributed by atoms with van der Waals surface area (Å²) in [5.41, 5.74) is 0.526. The molecule has 2 rings (SSSR count). The van der Waals surface area contributed by atoms with Crippen molar-refractivity contribution < 1.29 is 14.6 Å². The Morgan fingerprint density at radius 3 is 2.71 bits per heavy atom. The van der Waals surface area contributed by atoms with E-state index in [4.69, 9.17) is 14.6 Å². The van der Waals surface area contributed by atoms with Gasteiger partial charge in [0.2, 0.25) is 5.88 Å². The summed E-state index contributed by atoms with van der Waals surface area (Å²) in [6.45, 7) is -0.175. The van der Waals surface area contributed by atoms with Gasteiger partial charge in [-0.15, -0.1) is 0 Å². The molecule has 0 saturated carbocycles. The molecular formula is C12H12N2O3. The van der Waals surface area contributed by atoms with Crippen LogP contribution in [0.5, 0.6) is 17.4 Å². The van der Waals surface area contributed by atoms with Crippen molar-refractivity contribution in [3.63, 3.8) is 0 Å². The van der Waals surface area contributed by atoms with E-state index < -0.39 is 0 Å². The lowest BCUT2D eigenvalue weighted by molar-refractivity contribution is 0.273. The lowest BCUT2D eigenvalue weighted by Gasteiger charge is -2.10. The van der Waals surface area contributed by atoms with Crippen molar-refractivity contribution in [2.75, 3.05) is 7.11 Å². The molecule has 0 saturated heterocycles. The van der Waals surface area contributed by atoms with Crippen LogP contribution < -0.4 is 9.47 Å². The molecule has 88 valence electrons. The van der Waals surface area contributed by atoms with Gasteiger partial charge in [0.25, 0.3) is 0 Å². The van der Waals surface area contributed by atoms with Gasteiger partial charge < -0.3 is 14.6 Å². The smallest absolute Gasteiger partial charge is 0.228 e. The molecule has 1 N–H and O–H groups in total. The first-order valence-electron chi connectivity index (χ1n) is 5.05. The Kier molecular flexibility index (Phi) is 3.52. The summed E-state index contributed by atoms with van der Waals surface area (Å²) in [5.74, 6) is 1.48. The first kappa shape index (κ1) is 11.3. The second-order valence-electron chi connectivity index (χ2n) is 3.26. The van der Waals surface area contributed by atoms with Crippen LogP contribution in [0.25, 0.3) is 0 Å². The molecule has 5 nitrogen and oxygen atoms in total. The molecule has 0 radical (unpaired) electrons. The largest absolute Gasteiger partial charge is 0.493 e. The van der Waals surface area contributed by atoms with Gasteiger partial charge in [0.05, 0.1) is 19.3 Å². The van der Waals surface area contributed by atoms with Gasteiger partial charge in [0.1, 0.15) is 6.33 Å². The third kappa shape index (κ3) is 2.51. The monoisotopic (exact) mass is 232 g/mol. The average Bonchev–Trinajstić information content (AvgIpc) is 2.40.